The van der Waals surface area contributed by atoms with Gasteiger partial charge in [-0.2, -0.15) is 0 Å². The summed E-state index contributed by atoms with van der Waals surface area (Å²) in [5.41, 5.74) is 5.90. The molecule has 0 heterocycles. The molecule has 0 amide bonds. The van der Waals surface area contributed by atoms with Crippen molar-refractivity contribution in [3.63, 3.8) is 0 Å². The average molecular weight is 171 g/mol. The minimum absolute atomic E-state index is 0.489. The fraction of sp³-hybridized carbons (Fsp3) is 1.00. The van der Waals surface area contributed by atoms with Crippen LogP contribution in [0.1, 0.15) is 53.4 Å². The van der Waals surface area contributed by atoms with Crippen molar-refractivity contribution in [2.24, 2.45) is 17.6 Å². The fourth-order valence-corrected chi connectivity index (χ4v) is 1.90. The first-order valence-electron chi connectivity index (χ1n) is 5.49. The SMILES string of the molecule is CC.CCC1CCC(N)C(C)C1. The van der Waals surface area contributed by atoms with Crippen LogP contribution in [0.4, 0.5) is 0 Å². The van der Waals surface area contributed by atoms with Gasteiger partial charge < -0.3 is 5.73 Å². The van der Waals surface area contributed by atoms with E-state index >= 15 is 0 Å². The van der Waals surface area contributed by atoms with Crippen molar-refractivity contribution in [2.75, 3.05) is 0 Å². The molecule has 0 bridgehead atoms. The van der Waals surface area contributed by atoms with Crippen LogP contribution in [0, 0.1) is 11.8 Å². The third-order valence-electron chi connectivity index (χ3n) is 2.92. The summed E-state index contributed by atoms with van der Waals surface area (Å²) in [6.07, 6.45) is 5.32. The molecule has 1 rings (SSSR count). The van der Waals surface area contributed by atoms with Crippen LogP contribution in [0.2, 0.25) is 0 Å². The summed E-state index contributed by atoms with van der Waals surface area (Å²) in [6.45, 7) is 8.57. The van der Waals surface area contributed by atoms with Gasteiger partial charge in [0.1, 0.15) is 0 Å². The molecule has 74 valence electrons. The van der Waals surface area contributed by atoms with Gasteiger partial charge in [-0.1, -0.05) is 34.1 Å². The Balaban J connectivity index is 0.000000561. The molecule has 0 spiro atoms. The molecule has 1 saturated carbocycles. The highest BCUT2D eigenvalue weighted by molar-refractivity contribution is 4.78. The molecular weight excluding hydrogens is 146 g/mol. The Hall–Kier alpha value is -0.0400. The topological polar surface area (TPSA) is 26.0 Å². The quantitative estimate of drug-likeness (QED) is 0.644. The number of nitrogens with two attached hydrogens (primary N) is 1. The Morgan fingerprint density at radius 3 is 2.25 bits per heavy atom. The molecule has 2 N–H and O–H groups in total. The molecule has 0 aliphatic heterocycles. The summed E-state index contributed by atoms with van der Waals surface area (Å²) >= 11 is 0. The standard InChI is InChI=1S/C9H19N.C2H6/c1-3-8-4-5-9(10)7(2)6-8;1-2/h7-9H,3-6,10H2,1-2H3;1-2H3. The van der Waals surface area contributed by atoms with Crippen molar-refractivity contribution in [3.8, 4) is 0 Å². The van der Waals surface area contributed by atoms with Crippen molar-refractivity contribution >= 4 is 0 Å². The lowest BCUT2D eigenvalue weighted by molar-refractivity contribution is 0.243. The van der Waals surface area contributed by atoms with Crippen molar-refractivity contribution in [2.45, 2.75) is 59.4 Å². The van der Waals surface area contributed by atoms with Crippen LogP contribution in [0.15, 0.2) is 0 Å². The van der Waals surface area contributed by atoms with Gasteiger partial charge in [0.05, 0.1) is 0 Å². The van der Waals surface area contributed by atoms with Gasteiger partial charge in [0.2, 0.25) is 0 Å². The molecule has 0 aromatic carbocycles. The summed E-state index contributed by atoms with van der Waals surface area (Å²) in [6, 6.07) is 0.489. The van der Waals surface area contributed by atoms with E-state index in [0.717, 1.165) is 11.8 Å². The molecule has 0 aromatic heterocycles. The molecule has 1 aliphatic rings. The van der Waals surface area contributed by atoms with Gasteiger partial charge in [-0.05, 0) is 31.1 Å². The van der Waals surface area contributed by atoms with Gasteiger partial charge in [0.15, 0.2) is 0 Å². The highest BCUT2D eigenvalue weighted by Crippen LogP contribution is 2.29. The van der Waals surface area contributed by atoms with Crippen LogP contribution in [0.5, 0.6) is 0 Å². The largest absolute Gasteiger partial charge is 0.327 e. The highest BCUT2D eigenvalue weighted by Gasteiger charge is 2.23. The van der Waals surface area contributed by atoms with E-state index in [4.69, 9.17) is 5.73 Å². The molecule has 0 aromatic rings. The maximum absolute atomic E-state index is 5.90. The number of rotatable bonds is 1. The molecule has 0 radical (unpaired) electrons. The zero-order chi connectivity index (χ0) is 9.56. The lowest BCUT2D eigenvalue weighted by Crippen LogP contribution is -2.34. The van der Waals surface area contributed by atoms with Crippen molar-refractivity contribution in [1.29, 1.82) is 0 Å². The number of hydrogen-bond donors (Lipinski definition) is 1. The molecule has 1 nitrogen and oxygen atoms in total. The van der Waals surface area contributed by atoms with Crippen molar-refractivity contribution < 1.29 is 0 Å². The average Bonchev–Trinajstić information content (AvgIpc) is 2.13. The zero-order valence-electron chi connectivity index (χ0n) is 9.14. The lowest BCUT2D eigenvalue weighted by Gasteiger charge is -2.31. The highest BCUT2D eigenvalue weighted by atomic mass is 14.7. The fourth-order valence-electron chi connectivity index (χ4n) is 1.90. The predicted molar refractivity (Wildman–Crippen MR) is 56.1 cm³/mol. The lowest BCUT2D eigenvalue weighted by atomic mass is 9.78. The second-order valence-electron chi connectivity index (χ2n) is 3.73. The normalized spacial score (nSPS) is 35.2. The van der Waals surface area contributed by atoms with Gasteiger partial charge in [0, 0.05) is 6.04 Å². The first-order valence-corrected chi connectivity index (χ1v) is 5.49. The third kappa shape index (κ3) is 3.57. The third-order valence-corrected chi connectivity index (χ3v) is 2.92. The minimum Gasteiger partial charge on any atom is -0.327 e. The number of hydrogen-bond acceptors (Lipinski definition) is 1. The molecular formula is C11H25N. The van der Waals surface area contributed by atoms with Crippen LogP contribution >= 0.6 is 0 Å². The van der Waals surface area contributed by atoms with E-state index in [0.29, 0.717) is 6.04 Å². The molecule has 0 saturated heterocycles. The van der Waals surface area contributed by atoms with Gasteiger partial charge >= 0.3 is 0 Å². The first-order chi connectivity index (χ1) is 5.74. The second-order valence-corrected chi connectivity index (χ2v) is 3.73. The van der Waals surface area contributed by atoms with E-state index < -0.39 is 0 Å². The van der Waals surface area contributed by atoms with Gasteiger partial charge in [-0.25, -0.2) is 0 Å². The molecule has 3 atom stereocenters. The van der Waals surface area contributed by atoms with Crippen molar-refractivity contribution in [3.05, 3.63) is 0 Å². The van der Waals surface area contributed by atoms with Gasteiger partial charge in [-0.3, -0.25) is 0 Å². The molecule has 3 unspecified atom stereocenters. The van der Waals surface area contributed by atoms with Gasteiger partial charge in [0.25, 0.3) is 0 Å². The zero-order valence-corrected chi connectivity index (χ0v) is 9.14. The van der Waals surface area contributed by atoms with E-state index in [1.165, 1.54) is 25.7 Å². The van der Waals surface area contributed by atoms with Gasteiger partial charge in [-0.15, -0.1) is 0 Å². The maximum atomic E-state index is 5.90. The van der Waals surface area contributed by atoms with E-state index in [1.807, 2.05) is 13.8 Å². The molecule has 1 heteroatoms. The monoisotopic (exact) mass is 171 g/mol. The summed E-state index contributed by atoms with van der Waals surface area (Å²) in [4.78, 5) is 0. The van der Waals surface area contributed by atoms with E-state index in [2.05, 4.69) is 13.8 Å². The Kier molecular flexibility index (Phi) is 6.45. The molecule has 12 heavy (non-hydrogen) atoms. The smallest absolute Gasteiger partial charge is 0.00647 e. The Morgan fingerprint density at radius 1 is 1.25 bits per heavy atom. The Bertz CT molecular complexity index is 101. The van der Waals surface area contributed by atoms with Crippen LogP contribution in [0.3, 0.4) is 0 Å². The second kappa shape index (κ2) is 6.47. The van der Waals surface area contributed by atoms with Crippen LogP contribution in [0.25, 0.3) is 0 Å². The van der Waals surface area contributed by atoms with Crippen molar-refractivity contribution in [1.82, 2.24) is 0 Å². The van der Waals surface area contributed by atoms with Crippen LogP contribution < -0.4 is 5.73 Å². The first kappa shape index (κ1) is 12.0. The predicted octanol–water partition coefficient (Wildman–Crippen LogP) is 3.19. The van der Waals surface area contributed by atoms with E-state index in [9.17, 15) is 0 Å². The molecule has 1 aliphatic carbocycles. The summed E-state index contributed by atoms with van der Waals surface area (Å²) in [5.74, 6) is 1.73. The Morgan fingerprint density at radius 2 is 1.83 bits per heavy atom. The Labute approximate surface area is 77.7 Å². The van der Waals surface area contributed by atoms with E-state index in [-0.39, 0.29) is 0 Å². The van der Waals surface area contributed by atoms with E-state index in [1.54, 1.807) is 0 Å². The maximum Gasteiger partial charge on any atom is 0.00647 e. The molecule has 1 fully saturated rings. The van der Waals surface area contributed by atoms with Crippen LogP contribution in [-0.4, -0.2) is 6.04 Å². The minimum atomic E-state index is 0.489. The summed E-state index contributed by atoms with van der Waals surface area (Å²) in [7, 11) is 0. The summed E-state index contributed by atoms with van der Waals surface area (Å²) < 4.78 is 0. The summed E-state index contributed by atoms with van der Waals surface area (Å²) in [5, 5.41) is 0. The van der Waals surface area contributed by atoms with Crippen LogP contribution in [-0.2, 0) is 0 Å².